The van der Waals surface area contributed by atoms with Gasteiger partial charge in [-0.05, 0) is 59.7 Å². The molecule has 4 aromatic rings. The summed E-state index contributed by atoms with van der Waals surface area (Å²) in [6.45, 7) is 0.573. The van der Waals surface area contributed by atoms with Crippen LogP contribution in [0.15, 0.2) is 109 Å². The lowest BCUT2D eigenvalue weighted by Crippen LogP contribution is -2.27. The third-order valence-electron chi connectivity index (χ3n) is 5.71. The fraction of sp³-hybridized carbons (Fsp3) is 0.103. The molecule has 1 aliphatic rings. The van der Waals surface area contributed by atoms with Gasteiger partial charge in [0, 0.05) is 17.8 Å². The molecular formula is C29H24N2O3S. The summed E-state index contributed by atoms with van der Waals surface area (Å²) in [4.78, 5) is 27.2. The Kier molecular flexibility index (Phi) is 6.82. The lowest BCUT2D eigenvalue weighted by Gasteiger charge is -2.24. The van der Waals surface area contributed by atoms with Crippen LogP contribution in [0.25, 0.3) is 0 Å². The van der Waals surface area contributed by atoms with Gasteiger partial charge in [-0.25, -0.2) is 0 Å². The van der Waals surface area contributed by atoms with Gasteiger partial charge in [-0.15, -0.1) is 11.8 Å². The number of thioether (sulfide) groups is 1. The molecule has 0 aromatic heterocycles. The maximum atomic E-state index is 12.8. The van der Waals surface area contributed by atoms with Crippen LogP contribution in [0.5, 0.6) is 11.5 Å². The summed E-state index contributed by atoms with van der Waals surface area (Å²) in [5.41, 5.74) is 3.35. The number of hydrogen-bond donors (Lipinski definition) is 1. The zero-order chi connectivity index (χ0) is 24.0. The monoisotopic (exact) mass is 480 g/mol. The van der Waals surface area contributed by atoms with E-state index in [-0.39, 0.29) is 17.2 Å². The minimum Gasteiger partial charge on any atom is -0.457 e. The van der Waals surface area contributed by atoms with Crippen molar-refractivity contribution in [1.82, 2.24) is 4.90 Å². The smallest absolute Gasteiger partial charge is 0.255 e. The molecule has 4 aromatic carbocycles. The molecule has 174 valence electrons. The Morgan fingerprint density at radius 2 is 1.46 bits per heavy atom. The van der Waals surface area contributed by atoms with Crippen molar-refractivity contribution in [2.75, 3.05) is 11.1 Å². The van der Waals surface area contributed by atoms with Crippen molar-refractivity contribution >= 4 is 29.3 Å². The fourth-order valence-electron chi connectivity index (χ4n) is 3.91. The second-order valence-corrected chi connectivity index (χ2v) is 9.25. The summed E-state index contributed by atoms with van der Waals surface area (Å²) in [6, 6.07) is 34.3. The van der Waals surface area contributed by atoms with Gasteiger partial charge >= 0.3 is 0 Å². The third-order valence-corrected chi connectivity index (χ3v) is 6.97. The van der Waals surface area contributed by atoms with Gasteiger partial charge in [0.05, 0.1) is 5.75 Å². The van der Waals surface area contributed by atoms with E-state index >= 15 is 0 Å². The van der Waals surface area contributed by atoms with E-state index in [0.717, 1.165) is 16.9 Å². The predicted octanol–water partition coefficient (Wildman–Crippen LogP) is 6.51. The third kappa shape index (κ3) is 5.55. The van der Waals surface area contributed by atoms with E-state index in [1.165, 1.54) is 0 Å². The molecule has 1 aliphatic heterocycles. The van der Waals surface area contributed by atoms with E-state index in [9.17, 15) is 9.59 Å². The SMILES string of the molecule is O=C(Nc1ccc(Oc2ccccc2)cc1)c1ccc([C@H]2SCC(=O)N2Cc2ccccc2)cc1. The Morgan fingerprint density at radius 1 is 0.829 bits per heavy atom. The maximum absolute atomic E-state index is 12.8. The van der Waals surface area contributed by atoms with Gasteiger partial charge in [-0.2, -0.15) is 0 Å². The largest absolute Gasteiger partial charge is 0.457 e. The first-order valence-electron chi connectivity index (χ1n) is 11.3. The molecule has 35 heavy (non-hydrogen) atoms. The van der Waals surface area contributed by atoms with Crippen molar-refractivity contribution in [3.8, 4) is 11.5 Å². The Morgan fingerprint density at radius 3 is 2.14 bits per heavy atom. The van der Waals surface area contributed by atoms with Crippen molar-refractivity contribution in [3.63, 3.8) is 0 Å². The van der Waals surface area contributed by atoms with E-state index in [1.54, 1.807) is 11.8 Å². The second kappa shape index (κ2) is 10.5. The van der Waals surface area contributed by atoms with Crippen LogP contribution in [0, 0.1) is 0 Å². The number of rotatable bonds is 7. The summed E-state index contributed by atoms with van der Waals surface area (Å²) >= 11 is 1.61. The Labute approximate surface area is 208 Å². The van der Waals surface area contributed by atoms with Gasteiger partial charge in [0.15, 0.2) is 0 Å². The molecule has 1 atom stereocenters. The van der Waals surface area contributed by atoms with Crippen molar-refractivity contribution in [3.05, 3.63) is 126 Å². The molecule has 6 heteroatoms. The van der Waals surface area contributed by atoms with Crippen molar-refractivity contribution in [2.45, 2.75) is 11.9 Å². The van der Waals surface area contributed by atoms with Crippen molar-refractivity contribution in [1.29, 1.82) is 0 Å². The second-order valence-electron chi connectivity index (χ2n) is 8.19. The number of carbonyl (C=O) groups excluding carboxylic acids is 2. The zero-order valence-corrected chi connectivity index (χ0v) is 19.8. The van der Waals surface area contributed by atoms with E-state index < -0.39 is 0 Å². The number of ether oxygens (including phenoxy) is 1. The molecule has 5 rings (SSSR count). The van der Waals surface area contributed by atoms with Gasteiger partial charge in [-0.1, -0.05) is 60.7 Å². The van der Waals surface area contributed by atoms with E-state index in [0.29, 0.717) is 29.3 Å². The van der Waals surface area contributed by atoms with E-state index in [4.69, 9.17) is 4.74 Å². The molecular weight excluding hydrogens is 456 g/mol. The Hall–Kier alpha value is -4.03. The first kappa shape index (κ1) is 22.7. The lowest BCUT2D eigenvalue weighted by molar-refractivity contribution is -0.128. The highest BCUT2D eigenvalue weighted by Gasteiger charge is 2.32. The summed E-state index contributed by atoms with van der Waals surface area (Å²) < 4.78 is 5.80. The van der Waals surface area contributed by atoms with Gasteiger partial charge in [0.2, 0.25) is 5.91 Å². The molecule has 1 heterocycles. The number of benzene rings is 4. The number of amides is 2. The van der Waals surface area contributed by atoms with Crippen LogP contribution in [-0.2, 0) is 11.3 Å². The highest BCUT2D eigenvalue weighted by molar-refractivity contribution is 8.00. The molecule has 0 bridgehead atoms. The maximum Gasteiger partial charge on any atom is 0.255 e. The number of nitrogens with zero attached hydrogens (tertiary/aromatic N) is 1. The molecule has 0 spiro atoms. The van der Waals surface area contributed by atoms with Crippen LogP contribution < -0.4 is 10.1 Å². The van der Waals surface area contributed by atoms with Crippen LogP contribution in [0.2, 0.25) is 0 Å². The summed E-state index contributed by atoms with van der Waals surface area (Å²) in [7, 11) is 0. The molecule has 1 fully saturated rings. The average molecular weight is 481 g/mol. The average Bonchev–Trinajstić information content (AvgIpc) is 3.26. The quantitative estimate of drug-likeness (QED) is 0.328. The summed E-state index contributed by atoms with van der Waals surface area (Å²) in [5.74, 6) is 1.86. The molecule has 0 radical (unpaired) electrons. The first-order valence-corrected chi connectivity index (χ1v) is 12.4. The summed E-state index contributed by atoms with van der Waals surface area (Å²) in [6.07, 6.45) is 0. The van der Waals surface area contributed by atoms with Crippen molar-refractivity contribution < 1.29 is 14.3 Å². The lowest BCUT2D eigenvalue weighted by atomic mass is 10.1. The predicted molar refractivity (Wildman–Crippen MR) is 140 cm³/mol. The van der Waals surface area contributed by atoms with Crippen LogP contribution >= 0.6 is 11.8 Å². The Bertz CT molecular complexity index is 1290. The summed E-state index contributed by atoms with van der Waals surface area (Å²) in [5, 5.41) is 2.86. The zero-order valence-electron chi connectivity index (χ0n) is 19.0. The number of nitrogens with one attached hydrogen (secondary N) is 1. The van der Waals surface area contributed by atoms with Crippen LogP contribution in [-0.4, -0.2) is 22.5 Å². The Balaban J connectivity index is 1.22. The normalized spacial score (nSPS) is 15.1. The van der Waals surface area contributed by atoms with Crippen LogP contribution in [0.1, 0.15) is 26.9 Å². The first-order chi connectivity index (χ1) is 17.2. The van der Waals surface area contributed by atoms with Crippen molar-refractivity contribution in [2.24, 2.45) is 0 Å². The minimum absolute atomic E-state index is 0.0584. The fourth-order valence-corrected chi connectivity index (χ4v) is 5.10. The van der Waals surface area contributed by atoms with Crippen LogP contribution in [0.3, 0.4) is 0 Å². The van der Waals surface area contributed by atoms with Gasteiger partial charge in [0.1, 0.15) is 16.9 Å². The number of hydrogen-bond acceptors (Lipinski definition) is 4. The number of anilines is 1. The minimum atomic E-state index is -0.190. The molecule has 2 amide bonds. The van der Waals surface area contributed by atoms with E-state index in [2.05, 4.69) is 5.32 Å². The van der Waals surface area contributed by atoms with Gasteiger partial charge < -0.3 is 15.0 Å². The van der Waals surface area contributed by atoms with Crippen LogP contribution in [0.4, 0.5) is 5.69 Å². The molecule has 0 unspecified atom stereocenters. The highest BCUT2D eigenvalue weighted by atomic mass is 32.2. The highest BCUT2D eigenvalue weighted by Crippen LogP contribution is 2.39. The molecule has 0 aliphatic carbocycles. The molecule has 1 saturated heterocycles. The van der Waals surface area contributed by atoms with E-state index in [1.807, 2.05) is 114 Å². The van der Waals surface area contributed by atoms with Gasteiger partial charge in [-0.3, -0.25) is 9.59 Å². The number of carbonyl (C=O) groups is 2. The standard InChI is InChI=1S/C29H24N2O3S/c32-27-20-35-29(31(27)19-21-7-3-1-4-8-21)23-13-11-22(12-14-23)28(33)30-24-15-17-26(18-16-24)34-25-9-5-2-6-10-25/h1-18,29H,19-20H2,(H,30,33)/t29-/m1/s1. The molecule has 1 N–H and O–H groups in total. The topological polar surface area (TPSA) is 58.6 Å². The van der Waals surface area contributed by atoms with Gasteiger partial charge in [0.25, 0.3) is 5.91 Å². The molecule has 5 nitrogen and oxygen atoms in total. The molecule has 0 saturated carbocycles. The number of para-hydroxylation sites is 1.